The van der Waals surface area contributed by atoms with Gasteiger partial charge in [-0.3, -0.25) is 0 Å². The highest BCUT2D eigenvalue weighted by atomic mass is 79.9. The second-order valence-electron chi connectivity index (χ2n) is 3.83. The van der Waals surface area contributed by atoms with Crippen LogP contribution in [0, 0.1) is 0 Å². The van der Waals surface area contributed by atoms with Gasteiger partial charge in [-0.1, -0.05) is 68.3 Å². The number of halogens is 2. The monoisotopic (exact) mass is 400 g/mol. The zero-order chi connectivity index (χ0) is 13.1. The van der Waals surface area contributed by atoms with Gasteiger partial charge in [0.2, 0.25) is 0 Å². The third kappa shape index (κ3) is 3.44. The van der Waals surface area contributed by atoms with E-state index < -0.39 is 0 Å². The minimum absolute atomic E-state index is 0.0609. The highest BCUT2D eigenvalue weighted by molar-refractivity contribution is 9.10. The molecule has 1 atom stereocenters. The quantitative estimate of drug-likeness (QED) is 0.396. The fourth-order valence-electron chi connectivity index (χ4n) is 1.57. The average Bonchev–Trinajstić information content (AvgIpc) is 2.39. The zero-order valence-corrected chi connectivity index (χ0v) is 14.2. The van der Waals surface area contributed by atoms with Crippen molar-refractivity contribution in [2.24, 2.45) is 0 Å². The Morgan fingerprint density at radius 2 is 1.33 bits per heavy atom. The molecule has 1 unspecified atom stereocenters. The molecular formula is C14H10Br2S2. The largest absolute Gasteiger partial charge is 0.165 e. The lowest BCUT2D eigenvalue weighted by atomic mass is 10.0. The summed E-state index contributed by atoms with van der Waals surface area (Å²) in [6, 6.07) is 16.1. The topological polar surface area (TPSA) is 0 Å². The molecule has 0 aliphatic rings. The van der Waals surface area contributed by atoms with Crippen LogP contribution >= 0.6 is 56.7 Å². The van der Waals surface area contributed by atoms with Gasteiger partial charge in [0, 0.05) is 13.8 Å². The summed E-state index contributed by atoms with van der Waals surface area (Å²) in [6.45, 7) is 0. The van der Waals surface area contributed by atoms with Gasteiger partial charge in [-0.25, -0.2) is 0 Å². The zero-order valence-electron chi connectivity index (χ0n) is 9.31. The van der Waals surface area contributed by atoms with E-state index in [2.05, 4.69) is 44.5 Å². The lowest BCUT2D eigenvalue weighted by Crippen LogP contribution is -2.06. The Hall–Kier alpha value is -0.160. The first-order valence-electron chi connectivity index (χ1n) is 5.31. The van der Waals surface area contributed by atoms with E-state index >= 15 is 0 Å². The van der Waals surface area contributed by atoms with Crippen LogP contribution in [0.1, 0.15) is 16.4 Å². The molecule has 0 saturated heterocycles. The van der Waals surface area contributed by atoms with E-state index in [1.165, 1.54) is 0 Å². The second kappa shape index (κ2) is 6.33. The maximum atomic E-state index is 5.50. The Morgan fingerprint density at radius 1 is 0.889 bits per heavy atom. The smallest absolute Gasteiger partial charge is 0.0624 e. The molecule has 0 nitrogen and oxygen atoms in total. The van der Waals surface area contributed by atoms with Gasteiger partial charge in [-0.05, 0) is 35.4 Å². The first-order valence-corrected chi connectivity index (χ1v) is 7.82. The number of benzene rings is 2. The normalized spacial score (nSPS) is 12.2. The fourth-order valence-corrected chi connectivity index (χ4v) is 2.69. The van der Waals surface area contributed by atoms with Crippen LogP contribution in [-0.4, -0.2) is 4.86 Å². The first-order chi connectivity index (χ1) is 8.58. The Bertz CT molecular complexity index is 547. The molecule has 2 aromatic rings. The highest BCUT2D eigenvalue weighted by Gasteiger charge is 2.13. The summed E-state index contributed by atoms with van der Waals surface area (Å²) in [5, 5.41) is -0.0609. The van der Waals surface area contributed by atoms with Gasteiger partial charge in [-0.15, -0.1) is 0 Å². The Morgan fingerprint density at radius 3 is 1.83 bits per heavy atom. The molecular weight excluding hydrogens is 392 g/mol. The molecule has 18 heavy (non-hydrogen) atoms. The lowest BCUT2D eigenvalue weighted by molar-refractivity contribution is 1.31. The van der Waals surface area contributed by atoms with Crippen LogP contribution in [0.15, 0.2) is 57.5 Å². The maximum Gasteiger partial charge on any atom is 0.0624 e. The van der Waals surface area contributed by atoms with E-state index in [0.29, 0.717) is 0 Å². The summed E-state index contributed by atoms with van der Waals surface area (Å²) >= 11 is 17.0. The van der Waals surface area contributed by atoms with Crippen LogP contribution in [0.4, 0.5) is 0 Å². The van der Waals surface area contributed by atoms with E-state index in [4.69, 9.17) is 12.2 Å². The molecule has 0 spiro atoms. The van der Waals surface area contributed by atoms with Crippen molar-refractivity contribution >= 4 is 61.6 Å². The van der Waals surface area contributed by atoms with E-state index in [1.54, 1.807) is 0 Å². The molecule has 2 rings (SSSR count). The predicted molar refractivity (Wildman–Crippen MR) is 91.7 cm³/mol. The third-order valence-electron chi connectivity index (χ3n) is 2.56. The molecule has 0 amide bonds. The van der Waals surface area contributed by atoms with Gasteiger partial charge in [-0.2, -0.15) is 12.6 Å². The fraction of sp³-hybridized carbons (Fsp3) is 0.0714. The molecule has 0 N–H and O–H groups in total. The standard InChI is InChI=1S/C14H10Br2S2/c15-11-5-1-9(2-6-11)13(17)14(18)10-3-7-12(16)8-4-10/h1-8,13,17H. The van der Waals surface area contributed by atoms with E-state index in [1.807, 2.05) is 48.5 Å². The van der Waals surface area contributed by atoms with Crippen LogP contribution in [0.5, 0.6) is 0 Å². The predicted octanol–water partition coefficient (Wildman–Crippen LogP) is 5.60. The highest BCUT2D eigenvalue weighted by Crippen LogP contribution is 2.27. The number of hydrogen-bond donors (Lipinski definition) is 1. The SMILES string of the molecule is S=C(c1ccc(Br)cc1)C(S)c1ccc(Br)cc1. The summed E-state index contributed by atoms with van der Waals surface area (Å²) in [6.07, 6.45) is 0. The van der Waals surface area contributed by atoms with Crippen LogP contribution in [0.25, 0.3) is 0 Å². The van der Waals surface area contributed by atoms with Gasteiger partial charge < -0.3 is 0 Å². The van der Waals surface area contributed by atoms with E-state index in [-0.39, 0.29) is 5.25 Å². The maximum absolute atomic E-state index is 5.50. The van der Waals surface area contributed by atoms with Gasteiger partial charge in [0.25, 0.3) is 0 Å². The molecule has 0 radical (unpaired) electrons. The average molecular weight is 402 g/mol. The van der Waals surface area contributed by atoms with Crippen LogP contribution in [0.3, 0.4) is 0 Å². The number of thiocarbonyl (C=S) groups is 1. The van der Waals surface area contributed by atoms with Crippen molar-refractivity contribution in [3.8, 4) is 0 Å². The van der Waals surface area contributed by atoms with Gasteiger partial charge in [0.15, 0.2) is 0 Å². The molecule has 0 fully saturated rings. The van der Waals surface area contributed by atoms with Crippen molar-refractivity contribution in [1.29, 1.82) is 0 Å². The van der Waals surface area contributed by atoms with Gasteiger partial charge in [0.05, 0.1) is 5.25 Å². The summed E-state index contributed by atoms with van der Waals surface area (Å²) in [5.41, 5.74) is 2.14. The van der Waals surface area contributed by atoms with Crippen molar-refractivity contribution in [2.75, 3.05) is 0 Å². The molecule has 0 aliphatic carbocycles. The molecule has 0 heterocycles. The van der Waals surface area contributed by atoms with Crippen molar-refractivity contribution in [1.82, 2.24) is 0 Å². The molecule has 0 aromatic heterocycles. The van der Waals surface area contributed by atoms with E-state index in [9.17, 15) is 0 Å². The second-order valence-corrected chi connectivity index (χ2v) is 6.61. The number of hydrogen-bond acceptors (Lipinski definition) is 2. The molecule has 4 heteroatoms. The molecule has 0 bridgehead atoms. The number of thiol groups is 1. The van der Waals surface area contributed by atoms with Crippen molar-refractivity contribution in [3.05, 3.63) is 68.6 Å². The van der Waals surface area contributed by atoms with Crippen molar-refractivity contribution in [2.45, 2.75) is 5.25 Å². The Balaban J connectivity index is 2.23. The lowest BCUT2D eigenvalue weighted by Gasteiger charge is -2.13. The van der Waals surface area contributed by atoms with E-state index in [0.717, 1.165) is 24.9 Å². The Labute approximate surface area is 134 Å². The summed E-state index contributed by atoms with van der Waals surface area (Å²) in [7, 11) is 0. The molecule has 0 aliphatic heterocycles. The summed E-state index contributed by atoms with van der Waals surface area (Å²) in [4.78, 5) is 0.841. The molecule has 92 valence electrons. The first kappa shape index (κ1) is 14.3. The third-order valence-corrected chi connectivity index (χ3v) is 4.82. The van der Waals surface area contributed by atoms with Crippen LogP contribution < -0.4 is 0 Å². The van der Waals surface area contributed by atoms with Gasteiger partial charge in [0.1, 0.15) is 0 Å². The minimum Gasteiger partial charge on any atom is -0.165 e. The summed E-state index contributed by atoms with van der Waals surface area (Å²) < 4.78 is 2.11. The van der Waals surface area contributed by atoms with Crippen molar-refractivity contribution < 1.29 is 0 Å². The van der Waals surface area contributed by atoms with Crippen LogP contribution in [0.2, 0.25) is 0 Å². The number of rotatable bonds is 3. The molecule has 0 saturated carbocycles. The van der Waals surface area contributed by atoms with Crippen LogP contribution in [-0.2, 0) is 0 Å². The Kier molecular flexibility index (Phi) is 5.01. The molecule has 2 aromatic carbocycles. The van der Waals surface area contributed by atoms with Gasteiger partial charge >= 0.3 is 0 Å². The summed E-state index contributed by atoms with van der Waals surface area (Å²) in [5.74, 6) is 0. The van der Waals surface area contributed by atoms with Crippen molar-refractivity contribution in [3.63, 3.8) is 0 Å². The minimum atomic E-state index is -0.0609.